The van der Waals surface area contributed by atoms with Gasteiger partial charge in [-0.1, -0.05) is 11.6 Å². The fraction of sp³-hybridized carbons (Fsp3) is 0.636. The Hall–Kier alpha value is -0.0900. The van der Waals surface area contributed by atoms with Crippen LogP contribution in [-0.2, 0) is 6.42 Å². The third-order valence-electron chi connectivity index (χ3n) is 2.09. The Bertz CT molecular complexity index is 293. The fourth-order valence-electron chi connectivity index (χ4n) is 1.22. The molecule has 0 atom stereocenters. The smallest absolute Gasteiger partial charge is 0.0931 e. The van der Waals surface area contributed by atoms with Gasteiger partial charge in [0.25, 0.3) is 0 Å². The molecule has 0 aliphatic carbocycles. The zero-order valence-corrected chi connectivity index (χ0v) is 10.8. The number of hydrogen-bond donors (Lipinski definition) is 2. The van der Waals surface area contributed by atoms with Gasteiger partial charge in [-0.25, -0.2) is 0 Å². The van der Waals surface area contributed by atoms with E-state index in [0.717, 1.165) is 30.3 Å². The molecule has 1 heterocycles. The number of rotatable bonds is 6. The number of nitrogens with one attached hydrogen (secondary N) is 1. The fourth-order valence-corrected chi connectivity index (χ4v) is 2.30. The molecule has 0 amide bonds. The van der Waals surface area contributed by atoms with Crippen LogP contribution in [0.1, 0.15) is 25.1 Å². The highest BCUT2D eigenvalue weighted by atomic mass is 35.5. The van der Waals surface area contributed by atoms with Crippen molar-refractivity contribution < 1.29 is 5.11 Å². The number of aliphatic hydroxyl groups is 1. The molecule has 0 saturated carbocycles. The standard InChI is InChI=1S/C11H18ClNOS/c1-11(2,14)6-8-13-7-5-9-3-4-10(12)15-9/h3-4,13-14H,5-8H2,1-2H3. The lowest BCUT2D eigenvalue weighted by Crippen LogP contribution is -2.27. The Balaban J connectivity index is 2.07. The quantitative estimate of drug-likeness (QED) is 0.758. The number of hydrogen-bond acceptors (Lipinski definition) is 3. The second-order valence-electron chi connectivity index (χ2n) is 4.27. The van der Waals surface area contributed by atoms with E-state index >= 15 is 0 Å². The number of halogens is 1. The van der Waals surface area contributed by atoms with Gasteiger partial charge in [-0.2, -0.15) is 0 Å². The van der Waals surface area contributed by atoms with Gasteiger partial charge >= 0.3 is 0 Å². The largest absolute Gasteiger partial charge is 0.390 e. The summed E-state index contributed by atoms with van der Waals surface area (Å²) in [6.07, 6.45) is 1.78. The van der Waals surface area contributed by atoms with Gasteiger partial charge in [-0.05, 0) is 51.9 Å². The van der Waals surface area contributed by atoms with Crippen molar-refractivity contribution in [2.24, 2.45) is 0 Å². The summed E-state index contributed by atoms with van der Waals surface area (Å²) in [6, 6.07) is 3.99. The molecule has 2 nitrogen and oxygen atoms in total. The minimum atomic E-state index is -0.570. The first-order valence-corrected chi connectivity index (χ1v) is 6.34. The third-order valence-corrected chi connectivity index (χ3v) is 3.38. The first kappa shape index (κ1) is 13.0. The summed E-state index contributed by atoms with van der Waals surface area (Å²) in [6.45, 7) is 5.44. The first-order valence-electron chi connectivity index (χ1n) is 5.15. The van der Waals surface area contributed by atoms with Gasteiger partial charge in [0.1, 0.15) is 0 Å². The van der Waals surface area contributed by atoms with Crippen molar-refractivity contribution >= 4 is 22.9 Å². The Morgan fingerprint density at radius 3 is 2.67 bits per heavy atom. The summed E-state index contributed by atoms with van der Waals surface area (Å²) in [7, 11) is 0. The Labute approximate surface area is 100 Å². The lowest BCUT2D eigenvalue weighted by molar-refractivity contribution is 0.0713. The highest BCUT2D eigenvalue weighted by Gasteiger charge is 2.10. The topological polar surface area (TPSA) is 32.3 Å². The average Bonchev–Trinajstić information content (AvgIpc) is 2.49. The van der Waals surface area contributed by atoms with Crippen molar-refractivity contribution in [2.45, 2.75) is 32.3 Å². The molecule has 86 valence electrons. The van der Waals surface area contributed by atoms with Crippen LogP contribution in [0.4, 0.5) is 0 Å². The summed E-state index contributed by atoms with van der Waals surface area (Å²) < 4.78 is 0.849. The highest BCUT2D eigenvalue weighted by Crippen LogP contribution is 2.21. The maximum absolute atomic E-state index is 9.48. The van der Waals surface area contributed by atoms with Crippen LogP contribution in [0.25, 0.3) is 0 Å². The molecule has 0 aliphatic heterocycles. The Morgan fingerprint density at radius 2 is 2.13 bits per heavy atom. The zero-order valence-electron chi connectivity index (χ0n) is 9.22. The van der Waals surface area contributed by atoms with Crippen LogP contribution in [0, 0.1) is 0 Å². The molecule has 0 aromatic carbocycles. The molecular formula is C11H18ClNOS. The summed E-state index contributed by atoms with van der Waals surface area (Å²) >= 11 is 7.45. The zero-order chi connectivity index (χ0) is 11.3. The van der Waals surface area contributed by atoms with Crippen LogP contribution in [0.2, 0.25) is 4.34 Å². The van der Waals surface area contributed by atoms with E-state index in [4.69, 9.17) is 11.6 Å². The van der Waals surface area contributed by atoms with E-state index in [1.54, 1.807) is 11.3 Å². The molecule has 4 heteroatoms. The molecule has 0 aliphatic rings. The molecule has 0 radical (unpaired) electrons. The van der Waals surface area contributed by atoms with Gasteiger partial charge in [-0.15, -0.1) is 11.3 Å². The molecule has 0 bridgehead atoms. The number of thiophene rings is 1. The molecule has 2 N–H and O–H groups in total. The highest BCUT2D eigenvalue weighted by molar-refractivity contribution is 7.16. The molecule has 0 spiro atoms. The van der Waals surface area contributed by atoms with Crippen LogP contribution in [0.3, 0.4) is 0 Å². The van der Waals surface area contributed by atoms with Gasteiger partial charge < -0.3 is 10.4 Å². The van der Waals surface area contributed by atoms with Crippen LogP contribution in [0.5, 0.6) is 0 Å². The van der Waals surface area contributed by atoms with Crippen LogP contribution in [-0.4, -0.2) is 23.8 Å². The van der Waals surface area contributed by atoms with E-state index in [0.29, 0.717) is 0 Å². The van der Waals surface area contributed by atoms with Crippen LogP contribution >= 0.6 is 22.9 Å². The van der Waals surface area contributed by atoms with E-state index in [1.165, 1.54) is 4.88 Å². The maximum Gasteiger partial charge on any atom is 0.0931 e. The second kappa shape index (κ2) is 5.85. The summed E-state index contributed by atoms with van der Waals surface area (Å²) in [5.74, 6) is 0. The minimum Gasteiger partial charge on any atom is -0.390 e. The van der Waals surface area contributed by atoms with E-state index < -0.39 is 5.60 Å². The molecule has 1 rings (SSSR count). The minimum absolute atomic E-state index is 0.570. The third kappa shape index (κ3) is 6.15. The summed E-state index contributed by atoms with van der Waals surface area (Å²) in [4.78, 5) is 1.30. The van der Waals surface area contributed by atoms with Gasteiger partial charge in [0.2, 0.25) is 0 Å². The van der Waals surface area contributed by atoms with Crippen molar-refractivity contribution in [2.75, 3.05) is 13.1 Å². The van der Waals surface area contributed by atoms with Gasteiger partial charge in [-0.3, -0.25) is 0 Å². The van der Waals surface area contributed by atoms with E-state index in [-0.39, 0.29) is 0 Å². The van der Waals surface area contributed by atoms with Crippen molar-refractivity contribution in [3.05, 3.63) is 21.3 Å². The molecule has 0 fully saturated rings. The van der Waals surface area contributed by atoms with Crippen molar-refractivity contribution in [3.8, 4) is 0 Å². The first-order chi connectivity index (χ1) is 6.97. The second-order valence-corrected chi connectivity index (χ2v) is 6.07. The van der Waals surface area contributed by atoms with Crippen LogP contribution in [0.15, 0.2) is 12.1 Å². The Kier molecular flexibility index (Phi) is 5.06. The van der Waals surface area contributed by atoms with Crippen molar-refractivity contribution in [1.29, 1.82) is 0 Å². The summed E-state index contributed by atoms with van der Waals surface area (Å²) in [5, 5.41) is 12.8. The Morgan fingerprint density at radius 1 is 1.40 bits per heavy atom. The van der Waals surface area contributed by atoms with E-state index in [2.05, 4.69) is 11.4 Å². The monoisotopic (exact) mass is 247 g/mol. The maximum atomic E-state index is 9.48. The normalized spacial score (nSPS) is 12.0. The molecular weight excluding hydrogens is 230 g/mol. The predicted molar refractivity (Wildman–Crippen MR) is 66.8 cm³/mol. The lowest BCUT2D eigenvalue weighted by atomic mass is 10.1. The van der Waals surface area contributed by atoms with E-state index in [1.807, 2.05) is 19.9 Å². The van der Waals surface area contributed by atoms with Crippen molar-refractivity contribution in [3.63, 3.8) is 0 Å². The molecule has 0 unspecified atom stereocenters. The molecule has 1 aromatic rings. The SMILES string of the molecule is CC(C)(O)CCNCCc1ccc(Cl)s1. The van der Waals surface area contributed by atoms with Gasteiger partial charge in [0.05, 0.1) is 9.94 Å². The molecule has 15 heavy (non-hydrogen) atoms. The summed E-state index contributed by atoms with van der Waals surface area (Å²) in [5.41, 5.74) is -0.570. The van der Waals surface area contributed by atoms with E-state index in [9.17, 15) is 5.11 Å². The van der Waals surface area contributed by atoms with Gasteiger partial charge in [0, 0.05) is 4.88 Å². The molecule has 1 aromatic heterocycles. The predicted octanol–water partition coefficient (Wildman–Crippen LogP) is 2.69. The lowest BCUT2D eigenvalue weighted by Gasteiger charge is -2.16. The van der Waals surface area contributed by atoms with Gasteiger partial charge in [0.15, 0.2) is 0 Å². The van der Waals surface area contributed by atoms with Crippen LogP contribution < -0.4 is 5.32 Å². The van der Waals surface area contributed by atoms with Crippen molar-refractivity contribution in [1.82, 2.24) is 5.32 Å². The average molecular weight is 248 g/mol. The molecule has 0 saturated heterocycles.